The van der Waals surface area contributed by atoms with Crippen molar-refractivity contribution in [3.8, 4) is 5.75 Å². The van der Waals surface area contributed by atoms with Crippen molar-refractivity contribution in [3.63, 3.8) is 0 Å². The molecule has 1 saturated heterocycles. The van der Waals surface area contributed by atoms with Gasteiger partial charge in [-0.05, 0) is 42.7 Å². The number of methoxy groups -OCH3 is 1. The number of ketones is 1. The van der Waals surface area contributed by atoms with Gasteiger partial charge in [-0.1, -0.05) is 19.9 Å². The van der Waals surface area contributed by atoms with Crippen LogP contribution >= 0.6 is 11.3 Å². The molecule has 3 rings (SSSR count). The maximum atomic E-state index is 13.9. The van der Waals surface area contributed by atoms with Crippen molar-refractivity contribution in [1.29, 1.82) is 0 Å². The molecule has 1 aromatic carbocycles. The Morgan fingerprint density at radius 2 is 2.00 bits per heavy atom. The van der Waals surface area contributed by atoms with E-state index in [1.165, 1.54) is 35.5 Å². The van der Waals surface area contributed by atoms with E-state index in [2.05, 4.69) is 4.90 Å². The summed E-state index contributed by atoms with van der Waals surface area (Å²) in [5.41, 5.74) is -0.00769. The predicted molar refractivity (Wildman–Crippen MR) is 114 cm³/mol. The van der Waals surface area contributed by atoms with E-state index >= 15 is 0 Å². The van der Waals surface area contributed by atoms with Gasteiger partial charge in [-0.25, -0.2) is 4.39 Å². The number of Topliss-reactive ketones (excluding diaryl/α,β-unsaturated/α-hetero) is 1. The number of hydrogen-bond acceptors (Lipinski definition) is 6. The number of carbonyl (C=O) groups excluding carboxylic acids is 2. The van der Waals surface area contributed by atoms with Gasteiger partial charge >= 0.3 is 0 Å². The number of aliphatic hydroxyl groups excluding tert-OH is 1. The quantitative estimate of drug-likeness (QED) is 0.392. The minimum absolute atomic E-state index is 0.0424. The van der Waals surface area contributed by atoms with Gasteiger partial charge in [0, 0.05) is 18.0 Å². The van der Waals surface area contributed by atoms with Crippen molar-refractivity contribution in [3.05, 3.63) is 57.5 Å². The average Bonchev–Trinajstić information content (AvgIpc) is 3.36. The number of carbonyl (C=O) groups is 2. The van der Waals surface area contributed by atoms with Crippen molar-refractivity contribution in [1.82, 2.24) is 9.80 Å². The number of nitrogens with zero attached hydrogens (tertiary/aromatic N) is 2. The molecule has 0 spiro atoms. The van der Waals surface area contributed by atoms with Crippen molar-refractivity contribution in [2.45, 2.75) is 19.9 Å². The number of likely N-dealkylation sites (tertiary alicyclic amines) is 1. The van der Waals surface area contributed by atoms with Crippen LogP contribution in [-0.2, 0) is 9.59 Å². The fourth-order valence-corrected chi connectivity index (χ4v) is 4.50. The Bertz CT molecular complexity index is 954. The van der Waals surface area contributed by atoms with Crippen molar-refractivity contribution in [2.75, 3.05) is 33.3 Å². The summed E-state index contributed by atoms with van der Waals surface area (Å²) < 4.78 is 19.1. The zero-order valence-electron chi connectivity index (χ0n) is 17.2. The molecule has 1 aliphatic rings. The molecule has 1 fully saturated rings. The number of ether oxygens (including phenoxy) is 1. The van der Waals surface area contributed by atoms with E-state index in [0.717, 1.165) is 24.0 Å². The van der Waals surface area contributed by atoms with Gasteiger partial charge in [-0.15, -0.1) is 11.3 Å². The largest absolute Gasteiger partial charge is 0.507 e. The summed E-state index contributed by atoms with van der Waals surface area (Å²) >= 11 is 1.39. The van der Waals surface area contributed by atoms with Crippen molar-refractivity contribution < 1.29 is 23.8 Å². The number of likely N-dealkylation sites (N-methyl/N-ethyl adjacent to an activating group) is 1. The molecular formula is C22H25FN2O4S. The molecule has 1 aromatic heterocycles. The molecule has 8 heteroatoms. The molecule has 30 heavy (non-hydrogen) atoms. The summed E-state index contributed by atoms with van der Waals surface area (Å²) in [6, 6.07) is 6.60. The Labute approximate surface area is 179 Å². The molecule has 1 N–H and O–H groups in total. The van der Waals surface area contributed by atoms with Gasteiger partial charge in [0.2, 0.25) is 0 Å². The summed E-state index contributed by atoms with van der Waals surface area (Å²) in [5.74, 6) is -2.25. The van der Waals surface area contributed by atoms with Gasteiger partial charge in [0.15, 0.2) is 0 Å². The molecular weight excluding hydrogens is 407 g/mol. The lowest BCUT2D eigenvalue weighted by atomic mass is 9.99. The van der Waals surface area contributed by atoms with Crippen molar-refractivity contribution in [2.24, 2.45) is 0 Å². The highest BCUT2D eigenvalue weighted by molar-refractivity contribution is 7.10. The number of benzene rings is 1. The number of halogens is 1. The van der Waals surface area contributed by atoms with Crippen LogP contribution in [0.3, 0.4) is 0 Å². The first-order valence-electron chi connectivity index (χ1n) is 9.80. The van der Waals surface area contributed by atoms with Crippen LogP contribution in [-0.4, -0.2) is 59.9 Å². The number of rotatable bonds is 8. The molecule has 0 aliphatic carbocycles. The first kappa shape index (κ1) is 22.0. The summed E-state index contributed by atoms with van der Waals surface area (Å²) in [4.78, 5) is 30.2. The molecule has 0 radical (unpaired) electrons. The molecule has 0 saturated carbocycles. The molecule has 6 nitrogen and oxygen atoms in total. The summed E-state index contributed by atoms with van der Waals surface area (Å²) in [7, 11) is 1.39. The van der Waals surface area contributed by atoms with Crippen LogP contribution in [0, 0.1) is 5.82 Å². The fourth-order valence-electron chi connectivity index (χ4n) is 3.65. The molecule has 2 heterocycles. The van der Waals surface area contributed by atoms with Crippen molar-refractivity contribution >= 4 is 28.8 Å². The minimum Gasteiger partial charge on any atom is -0.507 e. The predicted octanol–water partition coefficient (Wildman–Crippen LogP) is 3.66. The van der Waals surface area contributed by atoms with E-state index in [1.807, 2.05) is 31.4 Å². The Kier molecular flexibility index (Phi) is 6.89. The van der Waals surface area contributed by atoms with Gasteiger partial charge in [0.25, 0.3) is 11.7 Å². The molecule has 1 atom stereocenters. The number of hydrogen-bond donors (Lipinski definition) is 1. The topological polar surface area (TPSA) is 70.1 Å². The van der Waals surface area contributed by atoms with E-state index in [4.69, 9.17) is 4.74 Å². The number of aliphatic hydroxyl groups is 1. The molecule has 1 unspecified atom stereocenters. The molecule has 1 aliphatic heterocycles. The molecule has 1 amide bonds. The Balaban J connectivity index is 2.11. The highest BCUT2D eigenvalue weighted by atomic mass is 32.1. The lowest BCUT2D eigenvalue weighted by molar-refractivity contribution is -0.140. The second kappa shape index (κ2) is 9.40. The van der Waals surface area contributed by atoms with Gasteiger partial charge in [-0.2, -0.15) is 0 Å². The second-order valence-electron chi connectivity index (χ2n) is 6.88. The Morgan fingerprint density at radius 1 is 1.27 bits per heavy atom. The van der Waals surface area contributed by atoms with Crippen LogP contribution < -0.4 is 4.74 Å². The zero-order valence-corrected chi connectivity index (χ0v) is 18.0. The average molecular weight is 433 g/mol. The third-order valence-corrected chi connectivity index (χ3v) is 6.25. The van der Waals surface area contributed by atoms with Crippen LogP contribution in [0.5, 0.6) is 5.75 Å². The van der Waals surface area contributed by atoms with Gasteiger partial charge < -0.3 is 19.6 Å². The maximum absolute atomic E-state index is 13.9. The summed E-state index contributed by atoms with van der Waals surface area (Å²) in [6.07, 6.45) is 0. The van der Waals surface area contributed by atoms with Gasteiger partial charge in [-0.3, -0.25) is 9.59 Å². The van der Waals surface area contributed by atoms with Gasteiger partial charge in [0.05, 0.1) is 24.3 Å². The number of amides is 1. The lowest BCUT2D eigenvalue weighted by Crippen LogP contribution is -2.37. The Hall–Kier alpha value is -2.71. The summed E-state index contributed by atoms with van der Waals surface area (Å²) in [6.45, 7) is 6.65. The first-order valence-corrected chi connectivity index (χ1v) is 10.7. The SMILES string of the molecule is CCN(CC)CCN1C(=O)C(=O)/C(=C(\O)c2cc(F)ccc2OC)C1c1cccs1. The second-order valence-corrected chi connectivity index (χ2v) is 7.86. The van der Waals surface area contributed by atoms with Crippen LogP contribution in [0.2, 0.25) is 0 Å². The van der Waals surface area contributed by atoms with E-state index in [1.54, 1.807) is 0 Å². The molecule has 160 valence electrons. The van der Waals surface area contributed by atoms with Gasteiger partial charge in [0.1, 0.15) is 17.3 Å². The van der Waals surface area contributed by atoms with Crippen LogP contribution in [0.4, 0.5) is 4.39 Å². The molecule has 2 aromatic rings. The standard InChI is InChI=1S/C22H25FN2O4S/c1-4-24(5-2)10-11-25-19(17-7-6-12-30-17)18(21(27)22(25)28)20(26)15-13-14(23)8-9-16(15)29-3/h6-9,12-13,19,26H,4-5,10-11H2,1-3H3/b20-18-. The summed E-state index contributed by atoms with van der Waals surface area (Å²) in [5, 5.41) is 12.9. The van der Waals surface area contributed by atoms with Crippen LogP contribution in [0.1, 0.15) is 30.3 Å². The molecule has 0 bridgehead atoms. The van der Waals surface area contributed by atoms with E-state index in [0.29, 0.717) is 13.1 Å². The third kappa shape index (κ3) is 4.11. The first-order chi connectivity index (χ1) is 14.4. The lowest BCUT2D eigenvalue weighted by Gasteiger charge is -2.27. The Morgan fingerprint density at radius 3 is 2.60 bits per heavy atom. The fraction of sp³-hybridized carbons (Fsp3) is 0.364. The third-order valence-electron chi connectivity index (χ3n) is 5.32. The monoisotopic (exact) mass is 432 g/mol. The van der Waals surface area contributed by atoms with E-state index in [-0.39, 0.29) is 16.9 Å². The minimum atomic E-state index is -0.781. The smallest absolute Gasteiger partial charge is 0.295 e. The van der Waals surface area contributed by atoms with Crippen LogP contribution in [0.15, 0.2) is 41.3 Å². The van der Waals surface area contributed by atoms with E-state index in [9.17, 15) is 19.1 Å². The number of thiophene rings is 1. The highest BCUT2D eigenvalue weighted by Gasteiger charge is 2.46. The maximum Gasteiger partial charge on any atom is 0.295 e. The van der Waals surface area contributed by atoms with Crippen LogP contribution in [0.25, 0.3) is 5.76 Å². The zero-order chi connectivity index (χ0) is 21.8. The highest BCUT2D eigenvalue weighted by Crippen LogP contribution is 2.42. The van der Waals surface area contributed by atoms with E-state index < -0.39 is 29.3 Å². The normalized spacial score (nSPS) is 18.4.